The van der Waals surface area contributed by atoms with E-state index in [9.17, 15) is 14.3 Å². The van der Waals surface area contributed by atoms with Crippen molar-refractivity contribution < 1.29 is 19.0 Å². The molecule has 0 aromatic heterocycles. The number of nitrogen functional groups attached to an aromatic ring is 1. The molecule has 118 valence electrons. The van der Waals surface area contributed by atoms with Crippen LogP contribution < -0.4 is 10.5 Å². The van der Waals surface area contributed by atoms with Crippen molar-refractivity contribution in [3.05, 3.63) is 53.3 Å². The first-order valence-electron chi connectivity index (χ1n) is 7.37. The minimum Gasteiger partial charge on any atom is -0.508 e. The van der Waals surface area contributed by atoms with Gasteiger partial charge in [0.15, 0.2) is 5.82 Å². The third-order valence-electron chi connectivity index (χ3n) is 4.56. The highest BCUT2D eigenvalue weighted by atomic mass is 19.1. The molecule has 1 amide bonds. The molecule has 1 fully saturated rings. The van der Waals surface area contributed by atoms with Crippen molar-refractivity contribution in [3.63, 3.8) is 0 Å². The third-order valence-corrected chi connectivity index (χ3v) is 4.56. The Morgan fingerprint density at radius 1 is 1.30 bits per heavy atom. The first kappa shape index (κ1) is 13.9. The van der Waals surface area contributed by atoms with Gasteiger partial charge in [-0.1, -0.05) is 12.1 Å². The highest BCUT2D eigenvalue weighted by Crippen LogP contribution is 2.57. The highest BCUT2D eigenvalue weighted by molar-refractivity contribution is 5.77. The Kier molecular flexibility index (Phi) is 2.78. The average Bonchev–Trinajstić information content (AvgIpc) is 3.29. The van der Waals surface area contributed by atoms with Crippen LogP contribution in [0.25, 0.3) is 0 Å². The Bertz CT molecular complexity index is 817. The van der Waals surface area contributed by atoms with Gasteiger partial charge in [0.1, 0.15) is 11.5 Å². The van der Waals surface area contributed by atoms with Crippen LogP contribution in [-0.4, -0.2) is 16.1 Å². The summed E-state index contributed by atoms with van der Waals surface area (Å²) in [6.45, 7) is 0.0933. The summed E-state index contributed by atoms with van der Waals surface area (Å²) in [7, 11) is 0. The number of carbonyl (C=O) groups is 1. The molecule has 1 spiro atoms. The topological polar surface area (TPSA) is 75.8 Å². The van der Waals surface area contributed by atoms with E-state index in [4.69, 9.17) is 10.5 Å². The molecule has 5 nitrogen and oxygen atoms in total. The molecule has 3 N–H and O–H groups in total. The molecule has 6 heteroatoms. The molecule has 2 aliphatic rings. The first-order valence-corrected chi connectivity index (χ1v) is 7.37. The van der Waals surface area contributed by atoms with Crippen molar-refractivity contribution in [2.45, 2.75) is 24.9 Å². The Balaban J connectivity index is 1.74. The maximum absolute atomic E-state index is 14.2. The summed E-state index contributed by atoms with van der Waals surface area (Å²) in [4.78, 5) is 13.9. The van der Waals surface area contributed by atoms with E-state index in [0.29, 0.717) is 11.3 Å². The maximum atomic E-state index is 14.2. The smallest absolute Gasteiger partial charge is 0.416 e. The van der Waals surface area contributed by atoms with Crippen LogP contribution in [0.5, 0.6) is 11.5 Å². The molecule has 0 atom stereocenters. The van der Waals surface area contributed by atoms with Gasteiger partial charge in [-0.3, -0.25) is 4.90 Å². The Morgan fingerprint density at radius 3 is 2.83 bits per heavy atom. The number of ether oxygens (including phenoxy) is 1. The number of phenols is 1. The number of aromatic hydroxyl groups is 1. The van der Waals surface area contributed by atoms with Crippen LogP contribution >= 0.6 is 0 Å². The summed E-state index contributed by atoms with van der Waals surface area (Å²) in [6, 6.07) is 9.52. The zero-order valence-corrected chi connectivity index (χ0v) is 12.3. The number of nitrogens with zero attached hydrogens (tertiary/aromatic N) is 1. The predicted octanol–water partition coefficient (Wildman–Crippen LogP) is 3.12. The number of hydrogen-bond acceptors (Lipinski definition) is 4. The zero-order valence-electron chi connectivity index (χ0n) is 12.3. The van der Waals surface area contributed by atoms with Crippen LogP contribution in [0.3, 0.4) is 0 Å². The van der Waals surface area contributed by atoms with Gasteiger partial charge in [0.25, 0.3) is 0 Å². The second kappa shape index (κ2) is 4.62. The predicted molar refractivity (Wildman–Crippen MR) is 81.4 cm³/mol. The van der Waals surface area contributed by atoms with Crippen molar-refractivity contribution in [2.24, 2.45) is 0 Å². The lowest BCUT2D eigenvalue weighted by Gasteiger charge is -2.36. The third kappa shape index (κ3) is 2.02. The zero-order chi connectivity index (χ0) is 16.2. The van der Waals surface area contributed by atoms with Crippen LogP contribution in [0.4, 0.5) is 14.9 Å². The number of hydrogen-bond donors (Lipinski definition) is 2. The molecule has 1 heterocycles. The Hall–Kier alpha value is -2.76. The minimum absolute atomic E-state index is 0.0441. The van der Waals surface area contributed by atoms with Crippen LogP contribution in [-0.2, 0) is 12.1 Å². The normalized spacial score (nSPS) is 17.8. The van der Waals surface area contributed by atoms with Gasteiger partial charge >= 0.3 is 6.09 Å². The summed E-state index contributed by atoms with van der Waals surface area (Å²) >= 11 is 0. The Labute approximate surface area is 132 Å². The van der Waals surface area contributed by atoms with E-state index < -0.39 is 17.4 Å². The second-order valence-electron chi connectivity index (χ2n) is 5.99. The minimum atomic E-state index is -0.539. The van der Waals surface area contributed by atoms with Crippen LogP contribution in [0.2, 0.25) is 0 Å². The monoisotopic (exact) mass is 314 g/mol. The molecule has 1 saturated carbocycles. The SMILES string of the molecule is Nc1cccc(CN2C(=O)Oc3cc(O)ccc3C23CC3)c1F. The van der Waals surface area contributed by atoms with Gasteiger partial charge in [-0.05, 0) is 31.0 Å². The van der Waals surface area contributed by atoms with Crippen molar-refractivity contribution in [1.29, 1.82) is 0 Å². The van der Waals surface area contributed by atoms with E-state index >= 15 is 0 Å². The van der Waals surface area contributed by atoms with E-state index in [1.54, 1.807) is 29.2 Å². The number of halogens is 1. The lowest BCUT2D eigenvalue weighted by molar-refractivity contribution is 0.102. The number of phenolic OH excluding ortho intramolecular Hbond substituents is 1. The number of carbonyl (C=O) groups excluding carboxylic acids is 1. The van der Waals surface area contributed by atoms with Gasteiger partial charge in [-0.2, -0.15) is 0 Å². The first-order chi connectivity index (χ1) is 11.0. The van der Waals surface area contributed by atoms with Crippen molar-refractivity contribution in [2.75, 3.05) is 5.73 Å². The summed E-state index contributed by atoms with van der Waals surface area (Å²) in [5, 5.41) is 9.56. The second-order valence-corrected chi connectivity index (χ2v) is 5.99. The largest absolute Gasteiger partial charge is 0.508 e. The summed E-state index contributed by atoms with van der Waals surface area (Å²) in [5.41, 5.74) is 6.38. The quantitative estimate of drug-likeness (QED) is 0.835. The molecule has 0 bridgehead atoms. The standard InChI is InChI=1S/C17H15FN2O3/c18-15-10(2-1-3-13(15)19)9-20-16(22)23-14-8-11(21)4-5-12(14)17(20)6-7-17/h1-5,8,21H,6-7,9,19H2. The van der Waals surface area contributed by atoms with Gasteiger partial charge in [-0.15, -0.1) is 0 Å². The number of amides is 1. The Morgan fingerprint density at radius 2 is 2.09 bits per heavy atom. The molecule has 1 aliphatic heterocycles. The lowest BCUT2D eigenvalue weighted by Crippen LogP contribution is -2.45. The molecule has 4 rings (SSSR count). The molecular weight excluding hydrogens is 299 g/mol. The van der Waals surface area contributed by atoms with E-state index in [2.05, 4.69) is 0 Å². The van der Waals surface area contributed by atoms with Gasteiger partial charge in [0.05, 0.1) is 17.8 Å². The van der Waals surface area contributed by atoms with Gasteiger partial charge in [-0.25, -0.2) is 9.18 Å². The van der Waals surface area contributed by atoms with E-state index in [1.807, 2.05) is 0 Å². The summed E-state index contributed by atoms with van der Waals surface area (Å²) < 4.78 is 19.5. The number of benzene rings is 2. The maximum Gasteiger partial charge on any atom is 0.416 e. The van der Waals surface area contributed by atoms with E-state index in [1.165, 1.54) is 12.1 Å². The lowest BCUT2D eigenvalue weighted by atomic mass is 9.99. The fourth-order valence-electron chi connectivity index (χ4n) is 3.21. The molecule has 23 heavy (non-hydrogen) atoms. The van der Waals surface area contributed by atoms with Crippen LogP contribution in [0.15, 0.2) is 36.4 Å². The molecule has 0 unspecified atom stereocenters. The average molecular weight is 314 g/mol. The molecule has 2 aromatic rings. The fraction of sp³-hybridized carbons (Fsp3) is 0.235. The molecular formula is C17H15FN2O3. The van der Waals surface area contributed by atoms with Crippen molar-refractivity contribution in [1.82, 2.24) is 4.90 Å². The summed E-state index contributed by atoms with van der Waals surface area (Å²) in [5.74, 6) is -0.0907. The molecule has 0 saturated heterocycles. The van der Waals surface area contributed by atoms with Crippen molar-refractivity contribution >= 4 is 11.8 Å². The molecule has 1 aliphatic carbocycles. The molecule has 2 aromatic carbocycles. The van der Waals surface area contributed by atoms with E-state index in [-0.39, 0.29) is 18.0 Å². The number of rotatable bonds is 2. The van der Waals surface area contributed by atoms with Gasteiger partial charge in [0.2, 0.25) is 0 Å². The van der Waals surface area contributed by atoms with Crippen LogP contribution in [0.1, 0.15) is 24.0 Å². The van der Waals surface area contributed by atoms with Gasteiger partial charge in [0, 0.05) is 17.2 Å². The number of anilines is 1. The summed E-state index contributed by atoms with van der Waals surface area (Å²) in [6.07, 6.45) is 1.02. The van der Waals surface area contributed by atoms with Crippen LogP contribution in [0, 0.1) is 5.82 Å². The number of nitrogens with two attached hydrogens (primary N) is 1. The van der Waals surface area contributed by atoms with E-state index in [0.717, 1.165) is 18.4 Å². The number of fused-ring (bicyclic) bond motifs is 2. The fourth-order valence-corrected chi connectivity index (χ4v) is 3.21. The van der Waals surface area contributed by atoms with Gasteiger partial charge < -0.3 is 15.6 Å². The highest BCUT2D eigenvalue weighted by Gasteiger charge is 2.56. The van der Waals surface area contributed by atoms with Crippen molar-refractivity contribution in [3.8, 4) is 11.5 Å². The molecule has 0 radical (unpaired) electrons.